The highest BCUT2D eigenvalue weighted by molar-refractivity contribution is 9.10. The zero-order valence-corrected chi connectivity index (χ0v) is 13.1. The Labute approximate surface area is 126 Å². The predicted molar refractivity (Wildman–Crippen MR) is 83.1 cm³/mol. The molecule has 2 aromatic rings. The number of ether oxygens (including phenoxy) is 1. The fourth-order valence-corrected chi connectivity index (χ4v) is 2.17. The summed E-state index contributed by atoms with van der Waals surface area (Å²) in [6, 6.07) is 13.8. The van der Waals surface area contributed by atoms with Crippen LogP contribution in [0.25, 0.3) is 0 Å². The first-order valence-corrected chi connectivity index (χ1v) is 7.17. The summed E-state index contributed by atoms with van der Waals surface area (Å²) in [6.07, 6.45) is 0. The summed E-state index contributed by atoms with van der Waals surface area (Å²) in [7, 11) is 1.94. The van der Waals surface area contributed by atoms with Crippen LogP contribution < -0.4 is 10.1 Å². The van der Waals surface area contributed by atoms with Gasteiger partial charge in [-0.25, -0.2) is 0 Å². The number of benzene rings is 2. The van der Waals surface area contributed by atoms with Crippen molar-refractivity contribution < 1.29 is 4.74 Å². The molecule has 1 N–H and O–H groups in total. The van der Waals surface area contributed by atoms with E-state index < -0.39 is 0 Å². The molecule has 0 aliphatic rings. The van der Waals surface area contributed by atoms with Gasteiger partial charge in [-0.3, -0.25) is 0 Å². The Kier molecular flexibility index (Phi) is 4.86. The largest absolute Gasteiger partial charge is 0.456 e. The Morgan fingerprint density at radius 3 is 2.47 bits per heavy atom. The Balaban J connectivity index is 2.17. The van der Waals surface area contributed by atoms with Gasteiger partial charge in [0.1, 0.15) is 11.5 Å². The van der Waals surface area contributed by atoms with Gasteiger partial charge in [-0.15, -0.1) is 0 Å². The first kappa shape index (κ1) is 14.4. The fraction of sp³-hybridized carbons (Fsp3) is 0.200. The predicted octanol–water partition coefficient (Wildman–Crippen LogP) is 5.18. The molecular formula is C15H15BrClNO. The zero-order valence-electron chi connectivity index (χ0n) is 10.8. The van der Waals surface area contributed by atoms with Gasteiger partial charge in [0.15, 0.2) is 0 Å². The summed E-state index contributed by atoms with van der Waals surface area (Å²) in [5, 5.41) is 3.79. The third-order valence-corrected chi connectivity index (χ3v) is 3.74. The molecule has 2 nitrogen and oxygen atoms in total. The van der Waals surface area contributed by atoms with Crippen LogP contribution in [0.5, 0.6) is 11.5 Å². The number of nitrogens with one attached hydrogen (secondary N) is 1. The van der Waals surface area contributed by atoms with E-state index in [0.29, 0.717) is 16.8 Å². The van der Waals surface area contributed by atoms with Crippen molar-refractivity contribution >= 4 is 27.5 Å². The van der Waals surface area contributed by atoms with Crippen LogP contribution in [0.1, 0.15) is 18.5 Å². The van der Waals surface area contributed by atoms with Gasteiger partial charge in [0, 0.05) is 10.5 Å². The quantitative estimate of drug-likeness (QED) is 0.828. The second kappa shape index (κ2) is 6.42. The van der Waals surface area contributed by atoms with Gasteiger partial charge in [-0.05, 0) is 49.9 Å². The van der Waals surface area contributed by atoms with Gasteiger partial charge in [0.2, 0.25) is 0 Å². The van der Waals surface area contributed by atoms with Crippen LogP contribution in [0.15, 0.2) is 46.9 Å². The maximum Gasteiger partial charge on any atom is 0.147 e. The van der Waals surface area contributed by atoms with E-state index in [2.05, 4.69) is 28.2 Å². The summed E-state index contributed by atoms with van der Waals surface area (Å²) in [6.45, 7) is 2.11. The maximum absolute atomic E-state index is 6.09. The lowest BCUT2D eigenvalue weighted by atomic mass is 10.1. The smallest absolute Gasteiger partial charge is 0.147 e. The lowest BCUT2D eigenvalue weighted by molar-refractivity contribution is 0.482. The topological polar surface area (TPSA) is 21.3 Å². The Morgan fingerprint density at radius 1 is 1.16 bits per heavy atom. The second-order valence-corrected chi connectivity index (χ2v) is 5.58. The van der Waals surface area contributed by atoms with Crippen LogP contribution in [-0.4, -0.2) is 7.05 Å². The maximum atomic E-state index is 6.09. The molecule has 0 fully saturated rings. The average molecular weight is 341 g/mol. The van der Waals surface area contributed by atoms with Gasteiger partial charge in [0.05, 0.1) is 5.02 Å². The third kappa shape index (κ3) is 3.72. The van der Waals surface area contributed by atoms with Crippen molar-refractivity contribution in [2.24, 2.45) is 0 Å². The van der Waals surface area contributed by atoms with E-state index in [1.807, 2.05) is 43.4 Å². The first-order chi connectivity index (χ1) is 9.10. The molecule has 0 radical (unpaired) electrons. The van der Waals surface area contributed by atoms with E-state index in [9.17, 15) is 0 Å². The minimum atomic E-state index is 0.323. The zero-order chi connectivity index (χ0) is 13.8. The Hall–Kier alpha value is -1.03. The van der Waals surface area contributed by atoms with Gasteiger partial charge in [-0.2, -0.15) is 0 Å². The summed E-state index contributed by atoms with van der Waals surface area (Å²) in [5.74, 6) is 1.41. The normalized spacial score (nSPS) is 12.2. The molecule has 0 spiro atoms. The summed E-state index contributed by atoms with van der Waals surface area (Å²) >= 11 is 9.50. The Morgan fingerprint density at radius 2 is 1.84 bits per heavy atom. The van der Waals surface area contributed by atoms with Crippen molar-refractivity contribution in [2.75, 3.05) is 7.05 Å². The van der Waals surface area contributed by atoms with E-state index in [0.717, 1.165) is 10.2 Å². The molecule has 0 saturated carbocycles. The van der Waals surface area contributed by atoms with Crippen molar-refractivity contribution in [1.82, 2.24) is 5.32 Å². The van der Waals surface area contributed by atoms with Crippen molar-refractivity contribution in [1.29, 1.82) is 0 Å². The second-order valence-electron chi connectivity index (χ2n) is 4.26. The van der Waals surface area contributed by atoms with E-state index in [1.165, 1.54) is 5.56 Å². The van der Waals surface area contributed by atoms with Crippen molar-refractivity contribution in [2.45, 2.75) is 13.0 Å². The molecule has 2 aromatic carbocycles. The molecule has 0 saturated heterocycles. The van der Waals surface area contributed by atoms with E-state index in [-0.39, 0.29) is 0 Å². The molecule has 0 aliphatic heterocycles. The third-order valence-electron chi connectivity index (χ3n) is 2.93. The highest BCUT2D eigenvalue weighted by atomic mass is 79.9. The number of hydrogen-bond acceptors (Lipinski definition) is 2. The molecule has 4 heteroatoms. The molecule has 0 aliphatic carbocycles. The molecular weight excluding hydrogens is 326 g/mol. The van der Waals surface area contributed by atoms with Crippen LogP contribution in [0, 0.1) is 0 Å². The SMILES string of the molecule is CNC(C)c1ccc(Oc2cc(Br)ccc2Cl)cc1. The molecule has 2 rings (SSSR count). The highest BCUT2D eigenvalue weighted by Gasteiger charge is 2.06. The highest BCUT2D eigenvalue weighted by Crippen LogP contribution is 2.32. The molecule has 1 atom stereocenters. The minimum Gasteiger partial charge on any atom is -0.456 e. The summed E-state index contributed by atoms with van der Waals surface area (Å²) in [4.78, 5) is 0. The van der Waals surface area contributed by atoms with E-state index >= 15 is 0 Å². The number of halogens is 2. The first-order valence-electron chi connectivity index (χ1n) is 6.00. The summed E-state index contributed by atoms with van der Waals surface area (Å²) in [5.41, 5.74) is 1.22. The van der Waals surface area contributed by atoms with Crippen LogP contribution in [0.2, 0.25) is 5.02 Å². The lowest BCUT2D eigenvalue weighted by Crippen LogP contribution is -2.11. The monoisotopic (exact) mass is 339 g/mol. The summed E-state index contributed by atoms with van der Waals surface area (Å²) < 4.78 is 6.71. The van der Waals surface area contributed by atoms with Gasteiger partial charge in [-0.1, -0.05) is 39.7 Å². The van der Waals surface area contributed by atoms with Crippen LogP contribution in [0.4, 0.5) is 0 Å². The molecule has 0 heterocycles. The number of rotatable bonds is 4. The molecule has 1 unspecified atom stereocenters. The van der Waals surface area contributed by atoms with Crippen molar-refractivity contribution in [3.63, 3.8) is 0 Å². The van der Waals surface area contributed by atoms with Gasteiger partial charge >= 0.3 is 0 Å². The molecule has 0 amide bonds. The fourth-order valence-electron chi connectivity index (χ4n) is 1.67. The molecule has 0 aromatic heterocycles. The molecule has 100 valence electrons. The van der Waals surface area contributed by atoms with Crippen molar-refractivity contribution in [3.05, 3.63) is 57.5 Å². The Bertz CT molecular complexity index is 557. The van der Waals surface area contributed by atoms with Crippen LogP contribution in [0.3, 0.4) is 0 Å². The lowest BCUT2D eigenvalue weighted by Gasteiger charge is -2.12. The molecule has 0 bridgehead atoms. The van der Waals surface area contributed by atoms with E-state index in [4.69, 9.17) is 16.3 Å². The van der Waals surface area contributed by atoms with Crippen LogP contribution >= 0.6 is 27.5 Å². The minimum absolute atomic E-state index is 0.323. The molecule has 19 heavy (non-hydrogen) atoms. The average Bonchev–Trinajstić information content (AvgIpc) is 2.43. The van der Waals surface area contributed by atoms with E-state index in [1.54, 1.807) is 6.07 Å². The van der Waals surface area contributed by atoms with Gasteiger partial charge in [0.25, 0.3) is 0 Å². The van der Waals surface area contributed by atoms with Crippen LogP contribution in [-0.2, 0) is 0 Å². The number of hydrogen-bond donors (Lipinski definition) is 1. The van der Waals surface area contributed by atoms with Gasteiger partial charge < -0.3 is 10.1 Å². The standard InChI is InChI=1S/C15H15BrClNO/c1-10(18-2)11-3-6-13(7-4-11)19-15-9-12(16)5-8-14(15)17/h3-10,18H,1-2H3. The van der Waals surface area contributed by atoms with Crippen molar-refractivity contribution in [3.8, 4) is 11.5 Å².